The number of nitrogens with zero attached hydrogens (tertiary/aromatic N) is 1. The number of hydrogen-bond donors (Lipinski definition) is 0. The Morgan fingerprint density at radius 1 is 1.19 bits per heavy atom. The number of ether oxygens (including phenoxy) is 1. The second kappa shape index (κ2) is 6.99. The van der Waals surface area contributed by atoms with E-state index >= 15 is 0 Å². The Morgan fingerprint density at radius 3 is 2.52 bits per heavy atom. The summed E-state index contributed by atoms with van der Waals surface area (Å²) in [4.78, 5) is 22.1. The summed E-state index contributed by atoms with van der Waals surface area (Å²) in [6, 6.07) is 13.5. The highest BCUT2D eigenvalue weighted by Crippen LogP contribution is 2.26. The first-order chi connectivity index (χ1) is 10.1. The van der Waals surface area contributed by atoms with Crippen molar-refractivity contribution in [2.75, 3.05) is 5.33 Å². The number of halogens is 1. The summed E-state index contributed by atoms with van der Waals surface area (Å²) in [5.74, 6) is 0.0793. The van der Waals surface area contributed by atoms with E-state index < -0.39 is 4.92 Å². The molecule has 0 N–H and O–H groups in total. The van der Waals surface area contributed by atoms with Crippen molar-refractivity contribution in [2.45, 2.75) is 6.61 Å². The van der Waals surface area contributed by atoms with Crippen LogP contribution in [-0.4, -0.2) is 16.0 Å². The van der Waals surface area contributed by atoms with Crippen molar-refractivity contribution in [2.24, 2.45) is 0 Å². The second-order valence-corrected chi connectivity index (χ2v) is 4.83. The molecule has 0 amide bonds. The lowest BCUT2D eigenvalue weighted by Gasteiger charge is -2.10. The van der Waals surface area contributed by atoms with Crippen LogP contribution in [0.5, 0.6) is 5.75 Å². The highest BCUT2D eigenvalue weighted by atomic mass is 79.9. The van der Waals surface area contributed by atoms with Crippen LogP contribution in [0.1, 0.15) is 15.9 Å². The molecular weight excluding hydrogens is 338 g/mol. The van der Waals surface area contributed by atoms with Gasteiger partial charge in [-0.1, -0.05) is 46.3 Å². The topological polar surface area (TPSA) is 69.4 Å². The van der Waals surface area contributed by atoms with E-state index in [4.69, 9.17) is 4.74 Å². The third-order valence-electron chi connectivity index (χ3n) is 2.83. The number of non-ortho nitro benzene ring substituents is 1. The number of alkyl halides is 1. The van der Waals surface area contributed by atoms with Crippen molar-refractivity contribution in [1.29, 1.82) is 0 Å². The molecule has 0 bridgehead atoms. The average molecular weight is 350 g/mol. The maximum Gasteiger partial charge on any atom is 0.270 e. The summed E-state index contributed by atoms with van der Waals surface area (Å²) < 4.78 is 5.62. The molecule has 0 aliphatic carbocycles. The second-order valence-electron chi connectivity index (χ2n) is 4.27. The van der Waals surface area contributed by atoms with Gasteiger partial charge in [-0.3, -0.25) is 14.9 Å². The number of nitro groups is 1. The van der Waals surface area contributed by atoms with Gasteiger partial charge in [0.25, 0.3) is 5.69 Å². The van der Waals surface area contributed by atoms with Gasteiger partial charge >= 0.3 is 0 Å². The Morgan fingerprint density at radius 2 is 1.90 bits per heavy atom. The average Bonchev–Trinajstić information content (AvgIpc) is 2.52. The van der Waals surface area contributed by atoms with Crippen LogP contribution in [0.2, 0.25) is 0 Å². The molecule has 2 aromatic carbocycles. The minimum Gasteiger partial charge on any atom is -0.488 e. The van der Waals surface area contributed by atoms with Gasteiger partial charge in [-0.15, -0.1) is 0 Å². The summed E-state index contributed by atoms with van der Waals surface area (Å²) in [6.07, 6.45) is 0. The van der Waals surface area contributed by atoms with Crippen LogP contribution in [0.4, 0.5) is 5.69 Å². The number of ketones is 1. The van der Waals surface area contributed by atoms with Crippen molar-refractivity contribution in [1.82, 2.24) is 0 Å². The van der Waals surface area contributed by atoms with Crippen LogP contribution in [0, 0.1) is 10.1 Å². The van der Waals surface area contributed by atoms with Crippen molar-refractivity contribution in [3.05, 3.63) is 69.8 Å². The summed E-state index contributed by atoms with van der Waals surface area (Å²) >= 11 is 3.07. The zero-order chi connectivity index (χ0) is 15.2. The molecule has 0 aliphatic rings. The first-order valence-electron chi connectivity index (χ1n) is 6.16. The predicted octanol–water partition coefficient (Wildman–Crippen LogP) is 3.75. The number of nitro benzene ring substituents is 1. The summed E-state index contributed by atoms with van der Waals surface area (Å²) in [6.45, 7) is 0.293. The van der Waals surface area contributed by atoms with E-state index in [-0.39, 0.29) is 22.4 Å². The maximum absolute atomic E-state index is 11.9. The Balaban J connectivity index is 2.25. The molecule has 0 aromatic heterocycles. The van der Waals surface area contributed by atoms with Crippen LogP contribution in [0.15, 0.2) is 48.5 Å². The highest BCUT2D eigenvalue weighted by Gasteiger charge is 2.17. The number of Topliss-reactive ketones (excluding diaryl/α,β-unsaturated/α-hetero) is 1. The van der Waals surface area contributed by atoms with E-state index in [0.29, 0.717) is 12.4 Å². The molecule has 0 unspecified atom stereocenters. The fourth-order valence-electron chi connectivity index (χ4n) is 1.78. The van der Waals surface area contributed by atoms with Crippen LogP contribution in [0.25, 0.3) is 0 Å². The van der Waals surface area contributed by atoms with Crippen LogP contribution in [0.3, 0.4) is 0 Å². The molecule has 21 heavy (non-hydrogen) atoms. The predicted molar refractivity (Wildman–Crippen MR) is 82.0 cm³/mol. The van der Waals surface area contributed by atoms with Crippen molar-refractivity contribution < 1.29 is 14.5 Å². The van der Waals surface area contributed by atoms with Crippen LogP contribution >= 0.6 is 15.9 Å². The number of hydrogen-bond acceptors (Lipinski definition) is 4. The Labute approximate surface area is 129 Å². The van der Waals surface area contributed by atoms with E-state index in [2.05, 4.69) is 15.9 Å². The minimum atomic E-state index is -0.536. The van der Waals surface area contributed by atoms with Gasteiger partial charge in [0.15, 0.2) is 5.78 Å². The maximum atomic E-state index is 11.9. The third-order valence-corrected chi connectivity index (χ3v) is 3.34. The van der Waals surface area contributed by atoms with Gasteiger partial charge in [0.05, 0.1) is 15.8 Å². The number of rotatable bonds is 6. The summed E-state index contributed by atoms with van der Waals surface area (Å²) in [7, 11) is 0. The largest absolute Gasteiger partial charge is 0.488 e. The molecule has 0 heterocycles. The lowest BCUT2D eigenvalue weighted by Crippen LogP contribution is -2.06. The van der Waals surface area contributed by atoms with E-state index in [1.54, 1.807) is 0 Å². The zero-order valence-corrected chi connectivity index (χ0v) is 12.6. The smallest absolute Gasteiger partial charge is 0.270 e. The molecule has 0 spiro atoms. The quantitative estimate of drug-likeness (QED) is 0.344. The van der Waals surface area contributed by atoms with Gasteiger partial charge in [-0.2, -0.15) is 0 Å². The molecule has 108 valence electrons. The molecule has 2 aromatic rings. The van der Waals surface area contributed by atoms with Crippen LogP contribution in [-0.2, 0) is 6.61 Å². The Kier molecular flexibility index (Phi) is 5.05. The number of carbonyl (C=O) groups excluding carboxylic acids is 1. The fraction of sp³-hybridized carbons (Fsp3) is 0.133. The molecule has 0 saturated carbocycles. The van der Waals surface area contributed by atoms with E-state index in [9.17, 15) is 14.9 Å². The Bertz CT molecular complexity index is 658. The molecule has 2 rings (SSSR count). The van der Waals surface area contributed by atoms with Gasteiger partial charge in [-0.25, -0.2) is 0 Å². The van der Waals surface area contributed by atoms with Gasteiger partial charge in [0.1, 0.15) is 12.4 Å². The molecule has 0 fully saturated rings. The molecule has 0 aliphatic heterocycles. The van der Waals surface area contributed by atoms with Gasteiger partial charge in [-0.05, 0) is 11.6 Å². The summed E-state index contributed by atoms with van der Waals surface area (Å²) in [5, 5.41) is 10.9. The first-order valence-corrected chi connectivity index (χ1v) is 7.28. The normalized spacial score (nSPS) is 10.1. The number of carbonyl (C=O) groups is 1. The Hall–Kier alpha value is -2.21. The van der Waals surface area contributed by atoms with Gasteiger partial charge in [0.2, 0.25) is 0 Å². The number of benzene rings is 2. The monoisotopic (exact) mass is 349 g/mol. The van der Waals surface area contributed by atoms with Crippen molar-refractivity contribution in [3.8, 4) is 5.75 Å². The lowest BCUT2D eigenvalue weighted by molar-refractivity contribution is -0.384. The lowest BCUT2D eigenvalue weighted by atomic mass is 10.1. The molecular formula is C15H12BrNO4. The van der Waals surface area contributed by atoms with Crippen molar-refractivity contribution in [3.63, 3.8) is 0 Å². The first kappa shape index (κ1) is 15.2. The summed E-state index contributed by atoms with van der Waals surface area (Å²) in [5.41, 5.74) is 1.02. The van der Waals surface area contributed by atoms with E-state index in [0.717, 1.165) is 5.56 Å². The molecule has 6 heteroatoms. The van der Waals surface area contributed by atoms with E-state index in [1.165, 1.54) is 18.2 Å². The molecule has 5 nitrogen and oxygen atoms in total. The molecule has 0 saturated heterocycles. The minimum absolute atomic E-state index is 0.0792. The molecule has 0 radical (unpaired) electrons. The standard InChI is InChI=1S/C15H12BrNO4/c16-9-14(18)13-8-12(17(19)20)6-7-15(13)21-10-11-4-2-1-3-5-11/h1-8H,9-10H2. The van der Waals surface area contributed by atoms with Gasteiger partial charge in [0, 0.05) is 12.1 Å². The van der Waals surface area contributed by atoms with Crippen LogP contribution < -0.4 is 4.74 Å². The van der Waals surface area contributed by atoms with E-state index in [1.807, 2.05) is 30.3 Å². The fourth-order valence-corrected chi connectivity index (χ4v) is 2.08. The van der Waals surface area contributed by atoms with Gasteiger partial charge < -0.3 is 4.74 Å². The SMILES string of the molecule is O=C(CBr)c1cc([N+](=O)[O-])ccc1OCc1ccccc1. The third kappa shape index (κ3) is 3.88. The highest BCUT2D eigenvalue weighted by molar-refractivity contribution is 9.09. The van der Waals surface area contributed by atoms with Crippen molar-refractivity contribution >= 4 is 27.4 Å². The molecule has 0 atom stereocenters. The zero-order valence-electron chi connectivity index (χ0n) is 11.0.